The van der Waals surface area contributed by atoms with Crippen LogP contribution in [0.2, 0.25) is 10.0 Å². The molecule has 3 aliphatic rings. The predicted octanol–water partition coefficient (Wildman–Crippen LogP) is 6.30. The Morgan fingerprint density at radius 3 is 1.82 bits per heavy atom. The standard InChI is InChI=1S/C16H12ClNO3.C14H8ClNO2/c17-12-3-1-2-10(8-12)11-4-5-14-13(9-11)16(15(19)18-14)20-6-7-21-16;15-10-3-1-2-8(6-10)9-4-5-12-11(7-9)13(17)14(18)16-12/h1-5,8-9H,6-7H2,(H,18,19);1-7H,(H,16,17,18). The number of halogens is 2. The summed E-state index contributed by atoms with van der Waals surface area (Å²) in [6.07, 6.45) is 0. The van der Waals surface area contributed by atoms with E-state index in [-0.39, 0.29) is 5.91 Å². The SMILES string of the molecule is O=C1Nc2ccc(-c3cccc(Cl)c3)cc2C12OCCO2.O=C1Nc2ccc(-c3cccc(Cl)c3)cc2C1=O. The summed E-state index contributed by atoms with van der Waals surface area (Å²) in [6, 6.07) is 26.0. The molecule has 0 saturated carbocycles. The van der Waals surface area contributed by atoms with Crippen LogP contribution >= 0.6 is 23.2 Å². The number of carbonyl (C=O) groups is 3. The Morgan fingerprint density at radius 1 is 0.641 bits per heavy atom. The summed E-state index contributed by atoms with van der Waals surface area (Å²) < 4.78 is 11.2. The van der Waals surface area contributed by atoms with E-state index < -0.39 is 17.5 Å². The lowest BCUT2D eigenvalue weighted by atomic mass is 9.99. The van der Waals surface area contributed by atoms with E-state index in [0.29, 0.717) is 34.5 Å². The molecule has 1 spiro atoms. The highest BCUT2D eigenvalue weighted by Gasteiger charge is 2.52. The van der Waals surface area contributed by atoms with E-state index in [1.54, 1.807) is 18.2 Å². The van der Waals surface area contributed by atoms with E-state index in [4.69, 9.17) is 32.7 Å². The van der Waals surface area contributed by atoms with Gasteiger partial charge in [-0.15, -0.1) is 0 Å². The third-order valence-corrected chi connectivity index (χ3v) is 7.12. The summed E-state index contributed by atoms with van der Waals surface area (Å²) in [7, 11) is 0. The number of amides is 2. The number of rotatable bonds is 2. The molecule has 39 heavy (non-hydrogen) atoms. The van der Waals surface area contributed by atoms with Crippen LogP contribution in [0.1, 0.15) is 15.9 Å². The van der Waals surface area contributed by atoms with Crippen molar-refractivity contribution in [1.29, 1.82) is 0 Å². The number of fused-ring (bicyclic) bond motifs is 3. The molecule has 0 radical (unpaired) electrons. The van der Waals surface area contributed by atoms with Gasteiger partial charge in [0.2, 0.25) is 0 Å². The van der Waals surface area contributed by atoms with Crippen molar-refractivity contribution < 1.29 is 23.9 Å². The van der Waals surface area contributed by atoms with Crippen LogP contribution in [0.3, 0.4) is 0 Å². The fraction of sp³-hybridized carbons (Fsp3) is 0.100. The summed E-state index contributed by atoms with van der Waals surface area (Å²) in [5.41, 5.74) is 6.16. The van der Waals surface area contributed by atoms with Gasteiger partial charge in [0.25, 0.3) is 23.4 Å². The maximum absolute atomic E-state index is 12.2. The van der Waals surface area contributed by atoms with Crippen LogP contribution in [0.5, 0.6) is 0 Å². The molecule has 7 nitrogen and oxygen atoms in total. The number of ketones is 1. The Morgan fingerprint density at radius 2 is 1.21 bits per heavy atom. The highest BCUT2D eigenvalue weighted by atomic mass is 35.5. The van der Waals surface area contributed by atoms with Gasteiger partial charge in [-0.3, -0.25) is 14.4 Å². The Labute approximate surface area is 233 Å². The molecule has 0 aromatic heterocycles. The van der Waals surface area contributed by atoms with Gasteiger partial charge in [0.15, 0.2) is 0 Å². The molecule has 194 valence electrons. The molecule has 0 atom stereocenters. The molecule has 3 heterocycles. The number of hydrogen-bond acceptors (Lipinski definition) is 5. The number of anilines is 2. The molecule has 3 aliphatic heterocycles. The van der Waals surface area contributed by atoms with Crippen molar-refractivity contribution >= 4 is 52.2 Å². The summed E-state index contributed by atoms with van der Waals surface area (Å²) in [4.78, 5) is 35.0. The zero-order valence-electron chi connectivity index (χ0n) is 20.3. The molecule has 1 saturated heterocycles. The van der Waals surface area contributed by atoms with Crippen molar-refractivity contribution in [3.63, 3.8) is 0 Å². The maximum Gasteiger partial charge on any atom is 0.296 e. The molecule has 2 N–H and O–H groups in total. The van der Waals surface area contributed by atoms with Gasteiger partial charge in [0.05, 0.1) is 30.2 Å². The van der Waals surface area contributed by atoms with Crippen molar-refractivity contribution in [2.75, 3.05) is 23.8 Å². The first kappa shape index (κ1) is 25.3. The monoisotopic (exact) mass is 558 g/mol. The van der Waals surface area contributed by atoms with Crippen LogP contribution in [0.15, 0.2) is 84.9 Å². The molecular formula is C30H20Cl2N2O5. The maximum atomic E-state index is 12.2. The van der Waals surface area contributed by atoms with Crippen molar-refractivity contribution in [2.24, 2.45) is 0 Å². The highest BCUT2D eigenvalue weighted by molar-refractivity contribution is 6.51. The average molecular weight is 559 g/mol. The lowest BCUT2D eigenvalue weighted by molar-refractivity contribution is -0.178. The first-order valence-electron chi connectivity index (χ1n) is 12.1. The average Bonchev–Trinajstić information content (AvgIpc) is 3.62. The lowest BCUT2D eigenvalue weighted by Crippen LogP contribution is -2.35. The summed E-state index contributed by atoms with van der Waals surface area (Å²) in [5.74, 6) is -2.62. The summed E-state index contributed by atoms with van der Waals surface area (Å²) >= 11 is 12.0. The molecule has 1 fully saturated rings. The van der Waals surface area contributed by atoms with Crippen molar-refractivity contribution in [2.45, 2.75) is 5.79 Å². The van der Waals surface area contributed by atoms with Gasteiger partial charge in [-0.2, -0.15) is 0 Å². The second-order valence-electron chi connectivity index (χ2n) is 9.09. The van der Waals surface area contributed by atoms with Crippen LogP contribution < -0.4 is 10.6 Å². The van der Waals surface area contributed by atoms with E-state index in [1.165, 1.54) is 0 Å². The molecule has 2 amide bonds. The number of nitrogens with one attached hydrogen (secondary N) is 2. The van der Waals surface area contributed by atoms with Crippen molar-refractivity contribution in [1.82, 2.24) is 0 Å². The fourth-order valence-corrected chi connectivity index (χ4v) is 5.17. The topological polar surface area (TPSA) is 93.7 Å². The smallest absolute Gasteiger partial charge is 0.296 e. The zero-order chi connectivity index (χ0) is 27.1. The molecule has 7 rings (SSSR count). The minimum atomic E-state index is -1.29. The molecule has 0 bridgehead atoms. The zero-order valence-corrected chi connectivity index (χ0v) is 21.8. The Kier molecular flexibility index (Phi) is 6.45. The third-order valence-electron chi connectivity index (χ3n) is 6.65. The van der Waals surface area contributed by atoms with Gasteiger partial charge in [0.1, 0.15) is 0 Å². The highest BCUT2D eigenvalue weighted by Crippen LogP contribution is 2.44. The van der Waals surface area contributed by atoms with Crippen LogP contribution in [0.4, 0.5) is 11.4 Å². The van der Waals surface area contributed by atoms with Gasteiger partial charge in [-0.25, -0.2) is 0 Å². The van der Waals surface area contributed by atoms with Gasteiger partial charge in [-0.05, 0) is 70.8 Å². The molecule has 9 heteroatoms. The first-order valence-corrected chi connectivity index (χ1v) is 12.9. The van der Waals surface area contributed by atoms with Crippen LogP contribution in [-0.4, -0.2) is 30.8 Å². The fourth-order valence-electron chi connectivity index (χ4n) is 4.79. The predicted molar refractivity (Wildman–Crippen MR) is 149 cm³/mol. The largest absolute Gasteiger partial charge is 0.336 e. The van der Waals surface area contributed by atoms with Crippen molar-refractivity contribution in [3.8, 4) is 22.3 Å². The Balaban J connectivity index is 0.000000144. The second kappa shape index (κ2) is 9.94. The van der Waals surface area contributed by atoms with Gasteiger partial charge in [-0.1, -0.05) is 59.6 Å². The second-order valence-corrected chi connectivity index (χ2v) is 9.97. The number of carbonyl (C=O) groups excluding carboxylic acids is 3. The normalized spacial score (nSPS) is 16.3. The molecular weight excluding hydrogens is 539 g/mol. The van der Waals surface area contributed by atoms with Crippen LogP contribution in [0, 0.1) is 0 Å². The van der Waals surface area contributed by atoms with Crippen LogP contribution in [0.25, 0.3) is 22.3 Å². The van der Waals surface area contributed by atoms with Crippen LogP contribution in [-0.2, 0) is 24.8 Å². The lowest BCUT2D eigenvalue weighted by Gasteiger charge is -2.19. The van der Waals surface area contributed by atoms with E-state index >= 15 is 0 Å². The van der Waals surface area contributed by atoms with Gasteiger partial charge in [0, 0.05) is 15.6 Å². The number of benzene rings is 4. The molecule has 0 unspecified atom stereocenters. The third kappa shape index (κ3) is 4.60. The van der Waals surface area contributed by atoms with Gasteiger partial charge >= 0.3 is 0 Å². The molecule has 4 aromatic rings. The number of ether oxygens (including phenoxy) is 2. The minimum Gasteiger partial charge on any atom is -0.336 e. The summed E-state index contributed by atoms with van der Waals surface area (Å²) in [5, 5.41) is 6.63. The quantitative estimate of drug-likeness (QED) is 0.281. The Hall–Kier alpha value is -4.01. The van der Waals surface area contributed by atoms with Gasteiger partial charge < -0.3 is 20.1 Å². The number of Topliss-reactive ketones (excluding diaryl/α,β-unsaturated/α-hetero) is 1. The van der Waals surface area contributed by atoms with E-state index in [2.05, 4.69) is 10.6 Å². The van der Waals surface area contributed by atoms with Crippen molar-refractivity contribution in [3.05, 3.63) is 106 Å². The molecule has 4 aromatic carbocycles. The van der Waals surface area contributed by atoms with E-state index in [9.17, 15) is 14.4 Å². The minimum absolute atomic E-state index is 0.266. The number of hydrogen-bond donors (Lipinski definition) is 2. The van der Waals surface area contributed by atoms with E-state index in [1.807, 2.05) is 66.7 Å². The molecule has 0 aliphatic carbocycles. The first-order chi connectivity index (χ1) is 18.8. The van der Waals surface area contributed by atoms with E-state index in [0.717, 1.165) is 33.5 Å². The summed E-state index contributed by atoms with van der Waals surface area (Å²) in [6.45, 7) is 0.822. The Bertz CT molecular complexity index is 1660.